The van der Waals surface area contributed by atoms with Crippen molar-refractivity contribution < 1.29 is 9.31 Å². The number of benzene rings is 2. The van der Waals surface area contributed by atoms with E-state index >= 15 is 0 Å². The Morgan fingerprint density at radius 2 is 1.81 bits per heavy atom. The van der Waals surface area contributed by atoms with Crippen molar-refractivity contribution in [1.82, 2.24) is 19.5 Å². The van der Waals surface area contributed by atoms with E-state index in [1.54, 1.807) is 12.1 Å². The molecule has 9 heteroatoms. The van der Waals surface area contributed by atoms with Gasteiger partial charge in [0.15, 0.2) is 0 Å². The third kappa shape index (κ3) is 2.71. The predicted octanol–water partition coefficient (Wildman–Crippen LogP) is 3.61. The van der Waals surface area contributed by atoms with Crippen LogP contribution in [0.3, 0.4) is 0 Å². The first kappa shape index (κ1) is 15.6. The third-order valence-electron chi connectivity index (χ3n) is 3.77. The molecule has 0 aliphatic heterocycles. The summed E-state index contributed by atoms with van der Waals surface area (Å²) in [5.41, 5.74) is 1.53. The molecule has 0 atom stereocenters. The van der Waals surface area contributed by atoms with Crippen molar-refractivity contribution >= 4 is 28.2 Å². The molecule has 0 saturated carbocycles. The van der Waals surface area contributed by atoms with Crippen molar-refractivity contribution in [3.05, 3.63) is 77.1 Å². The standard InChI is InChI=1S/C17H11FN6O2/c18-11-5-7-12(8-6-11)22-16-15(24(25)26)17(20-9-19-16)23-10-21-13-3-1-2-4-14(13)23/h1-10H,(H,19,20,22). The van der Waals surface area contributed by atoms with Crippen molar-refractivity contribution in [2.45, 2.75) is 0 Å². The van der Waals surface area contributed by atoms with Gasteiger partial charge >= 0.3 is 5.69 Å². The lowest BCUT2D eigenvalue weighted by atomic mass is 10.3. The third-order valence-corrected chi connectivity index (χ3v) is 3.77. The minimum atomic E-state index is -0.560. The zero-order valence-electron chi connectivity index (χ0n) is 13.2. The van der Waals surface area contributed by atoms with Gasteiger partial charge in [0.2, 0.25) is 11.6 Å². The molecule has 2 aromatic heterocycles. The highest BCUT2D eigenvalue weighted by Gasteiger charge is 2.25. The molecule has 26 heavy (non-hydrogen) atoms. The summed E-state index contributed by atoms with van der Waals surface area (Å²) in [6, 6.07) is 12.7. The summed E-state index contributed by atoms with van der Waals surface area (Å²) in [6.45, 7) is 0. The number of hydrogen-bond donors (Lipinski definition) is 1. The van der Waals surface area contributed by atoms with Crippen LogP contribution in [0.4, 0.5) is 21.6 Å². The number of nitrogens with one attached hydrogen (secondary N) is 1. The van der Waals surface area contributed by atoms with E-state index in [-0.39, 0.29) is 17.3 Å². The summed E-state index contributed by atoms with van der Waals surface area (Å²) in [5, 5.41) is 14.5. The Balaban J connectivity index is 1.86. The number of rotatable bonds is 4. The Hall–Kier alpha value is -3.88. The van der Waals surface area contributed by atoms with Gasteiger partial charge in [-0.15, -0.1) is 0 Å². The Bertz CT molecular complexity index is 1110. The van der Waals surface area contributed by atoms with Crippen LogP contribution in [-0.2, 0) is 0 Å². The zero-order chi connectivity index (χ0) is 18.1. The van der Waals surface area contributed by atoms with E-state index in [9.17, 15) is 14.5 Å². The maximum Gasteiger partial charge on any atom is 0.354 e. The molecule has 4 rings (SSSR count). The molecule has 128 valence electrons. The lowest BCUT2D eigenvalue weighted by molar-refractivity contribution is -0.384. The lowest BCUT2D eigenvalue weighted by Gasteiger charge is -2.09. The quantitative estimate of drug-likeness (QED) is 0.446. The van der Waals surface area contributed by atoms with Gasteiger partial charge in [-0.2, -0.15) is 0 Å². The number of para-hydroxylation sites is 2. The highest BCUT2D eigenvalue weighted by molar-refractivity contribution is 5.79. The minimum absolute atomic E-state index is 0.00406. The van der Waals surface area contributed by atoms with E-state index in [2.05, 4.69) is 20.3 Å². The van der Waals surface area contributed by atoms with Crippen LogP contribution in [0.15, 0.2) is 61.2 Å². The molecule has 1 N–H and O–H groups in total. The average molecular weight is 350 g/mol. The minimum Gasteiger partial charge on any atom is -0.334 e. The molecule has 2 aromatic carbocycles. The smallest absolute Gasteiger partial charge is 0.334 e. The van der Waals surface area contributed by atoms with Gasteiger partial charge in [-0.25, -0.2) is 19.3 Å². The molecule has 0 unspecified atom stereocenters. The van der Waals surface area contributed by atoms with Crippen LogP contribution in [0.1, 0.15) is 0 Å². The van der Waals surface area contributed by atoms with Crippen molar-refractivity contribution in [2.24, 2.45) is 0 Å². The van der Waals surface area contributed by atoms with E-state index in [4.69, 9.17) is 0 Å². The number of aromatic nitrogens is 4. The summed E-state index contributed by atoms with van der Waals surface area (Å²) < 4.78 is 14.6. The van der Waals surface area contributed by atoms with Crippen LogP contribution in [0.2, 0.25) is 0 Å². The molecule has 0 aliphatic carbocycles. The Kier molecular flexibility index (Phi) is 3.73. The average Bonchev–Trinajstić information content (AvgIpc) is 3.07. The Morgan fingerprint density at radius 3 is 2.58 bits per heavy atom. The van der Waals surface area contributed by atoms with Crippen molar-refractivity contribution in [1.29, 1.82) is 0 Å². The van der Waals surface area contributed by atoms with Crippen LogP contribution < -0.4 is 5.32 Å². The summed E-state index contributed by atoms with van der Waals surface area (Å²) >= 11 is 0. The summed E-state index contributed by atoms with van der Waals surface area (Å²) in [7, 11) is 0. The fourth-order valence-electron chi connectivity index (χ4n) is 2.60. The highest BCUT2D eigenvalue weighted by Crippen LogP contribution is 2.31. The van der Waals surface area contributed by atoms with E-state index < -0.39 is 10.7 Å². The number of nitrogens with zero attached hydrogens (tertiary/aromatic N) is 5. The first-order chi connectivity index (χ1) is 12.6. The van der Waals surface area contributed by atoms with E-state index in [0.717, 1.165) is 0 Å². The number of fused-ring (bicyclic) bond motifs is 1. The molecular formula is C17H11FN6O2. The molecule has 2 heterocycles. The summed E-state index contributed by atoms with van der Waals surface area (Å²) in [6.07, 6.45) is 2.70. The van der Waals surface area contributed by atoms with Crippen LogP contribution >= 0.6 is 0 Å². The topological polar surface area (TPSA) is 98.8 Å². The molecule has 4 aromatic rings. The zero-order valence-corrected chi connectivity index (χ0v) is 13.2. The lowest BCUT2D eigenvalue weighted by Crippen LogP contribution is -2.07. The molecule has 0 spiro atoms. The van der Waals surface area contributed by atoms with Gasteiger partial charge in [0.05, 0.1) is 16.0 Å². The monoisotopic (exact) mass is 350 g/mol. The first-order valence-electron chi connectivity index (χ1n) is 7.58. The molecule has 0 fully saturated rings. The molecule has 0 aliphatic rings. The van der Waals surface area contributed by atoms with Gasteiger partial charge in [-0.05, 0) is 36.4 Å². The molecule has 8 nitrogen and oxygen atoms in total. The SMILES string of the molecule is O=[N+]([O-])c1c(Nc2ccc(F)cc2)ncnc1-n1cnc2ccccc21. The van der Waals surface area contributed by atoms with Gasteiger partial charge in [-0.1, -0.05) is 12.1 Å². The number of imidazole rings is 1. The maximum atomic E-state index is 13.1. The summed E-state index contributed by atoms with van der Waals surface area (Å²) in [4.78, 5) is 23.4. The molecule has 0 amide bonds. The van der Waals surface area contributed by atoms with Crippen molar-refractivity contribution in [3.63, 3.8) is 0 Å². The molecule has 0 saturated heterocycles. The Morgan fingerprint density at radius 1 is 1.04 bits per heavy atom. The second-order valence-corrected chi connectivity index (χ2v) is 5.39. The maximum absolute atomic E-state index is 13.1. The first-order valence-corrected chi connectivity index (χ1v) is 7.58. The van der Waals surface area contributed by atoms with Crippen LogP contribution in [0.5, 0.6) is 0 Å². The normalized spacial score (nSPS) is 10.8. The van der Waals surface area contributed by atoms with Gasteiger partial charge in [-0.3, -0.25) is 14.7 Å². The Labute approximate surface area is 146 Å². The van der Waals surface area contributed by atoms with Crippen molar-refractivity contribution in [2.75, 3.05) is 5.32 Å². The second-order valence-electron chi connectivity index (χ2n) is 5.39. The molecule has 0 radical (unpaired) electrons. The fraction of sp³-hybridized carbons (Fsp3) is 0. The fourth-order valence-corrected chi connectivity index (χ4v) is 2.60. The number of halogens is 1. The van der Waals surface area contributed by atoms with E-state index in [1.165, 1.54) is 41.5 Å². The van der Waals surface area contributed by atoms with Crippen LogP contribution in [0, 0.1) is 15.9 Å². The number of anilines is 2. The summed E-state index contributed by atoms with van der Waals surface area (Å²) in [5.74, 6) is -0.314. The van der Waals surface area contributed by atoms with E-state index in [0.29, 0.717) is 16.7 Å². The van der Waals surface area contributed by atoms with Crippen molar-refractivity contribution in [3.8, 4) is 5.82 Å². The van der Waals surface area contributed by atoms with Crippen LogP contribution in [-0.4, -0.2) is 24.4 Å². The van der Waals surface area contributed by atoms with Gasteiger partial charge in [0, 0.05) is 5.69 Å². The predicted molar refractivity (Wildman–Crippen MR) is 93.0 cm³/mol. The van der Waals surface area contributed by atoms with Crippen LogP contribution in [0.25, 0.3) is 16.9 Å². The second kappa shape index (κ2) is 6.20. The van der Waals surface area contributed by atoms with E-state index in [1.807, 2.05) is 12.1 Å². The number of hydrogen-bond acceptors (Lipinski definition) is 6. The largest absolute Gasteiger partial charge is 0.354 e. The highest BCUT2D eigenvalue weighted by atomic mass is 19.1. The molecular weight excluding hydrogens is 339 g/mol. The number of nitro groups is 1. The molecule has 0 bridgehead atoms. The van der Waals surface area contributed by atoms with Gasteiger partial charge in [0.25, 0.3) is 0 Å². The van der Waals surface area contributed by atoms with Gasteiger partial charge < -0.3 is 5.32 Å². The van der Waals surface area contributed by atoms with Gasteiger partial charge in [0.1, 0.15) is 18.5 Å².